The van der Waals surface area contributed by atoms with Crippen LogP contribution >= 0.6 is 15.9 Å². The van der Waals surface area contributed by atoms with Gasteiger partial charge in [-0.3, -0.25) is 0 Å². The first kappa shape index (κ1) is 15.0. The van der Waals surface area contributed by atoms with E-state index >= 15 is 0 Å². The van der Waals surface area contributed by atoms with E-state index in [4.69, 9.17) is 15.2 Å². The Balaban J connectivity index is 2.33. The first-order valence-corrected chi connectivity index (χ1v) is 6.56. The molecular formula is C12H12BrF2NO4. The SMILES string of the molecule is CCOC(=O)C(F)(F)[C@H](N)c1cc2c(cc1Br)OCO2. The van der Waals surface area contributed by atoms with Crippen molar-refractivity contribution in [3.05, 3.63) is 22.2 Å². The fourth-order valence-corrected chi connectivity index (χ4v) is 2.29. The number of hydrogen-bond donors (Lipinski definition) is 1. The Morgan fingerprint density at radius 3 is 2.70 bits per heavy atom. The van der Waals surface area contributed by atoms with Crippen LogP contribution in [0.4, 0.5) is 8.78 Å². The van der Waals surface area contributed by atoms with Gasteiger partial charge in [0.15, 0.2) is 11.5 Å². The lowest BCUT2D eigenvalue weighted by Gasteiger charge is -2.23. The molecule has 1 aliphatic rings. The fraction of sp³-hybridized carbons (Fsp3) is 0.417. The quantitative estimate of drug-likeness (QED) is 0.843. The van der Waals surface area contributed by atoms with Crippen LogP contribution in [0.1, 0.15) is 18.5 Å². The maximum Gasteiger partial charge on any atom is 0.379 e. The van der Waals surface area contributed by atoms with Crippen LogP contribution in [-0.4, -0.2) is 25.3 Å². The summed E-state index contributed by atoms with van der Waals surface area (Å²) in [6, 6.07) is 0.939. The lowest BCUT2D eigenvalue weighted by molar-refractivity contribution is -0.174. The fourth-order valence-electron chi connectivity index (χ4n) is 1.72. The Bertz CT molecular complexity index is 538. The molecule has 0 amide bonds. The van der Waals surface area contributed by atoms with Gasteiger partial charge in [-0.05, 0) is 24.6 Å². The van der Waals surface area contributed by atoms with E-state index in [1.165, 1.54) is 19.1 Å². The minimum Gasteiger partial charge on any atom is -0.462 e. The predicted molar refractivity (Wildman–Crippen MR) is 68.8 cm³/mol. The predicted octanol–water partition coefficient (Wildman–Crippen LogP) is 2.38. The van der Waals surface area contributed by atoms with Crippen molar-refractivity contribution >= 4 is 21.9 Å². The number of alkyl halides is 2. The number of carbonyl (C=O) groups excluding carboxylic acids is 1. The lowest BCUT2D eigenvalue weighted by Crippen LogP contribution is -2.41. The van der Waals surface area contributed by atoms with Crippen molar-refractivity contribution in [2.24, 2.45) is 5.73 Å². The molecule has 1 aliphatic heterocycles. The molecule has 1 heterocycles. The Kier molecular flexibility index (Phi) is 4.14. The number of fused-ring (bicyclic) bond motifs is 1. The van der Waals surface area contributed by atoms with Crippen molar-refractivity contribution in [3.63, 3.8) is 0 Å². The number of benzene rings is 1. The third-order valence-electron chi connectivity index (χ3n) is 2.77. The van der Waals surface area contributed by atoms with E-state index in [1.807, 2.05) is 0 Å². The van der Waals surface area contributed by atoms with Gasteiger partial charge in [0, 0.05) is 4.47 Å². The Morgan fingerprint density at radius 2 is 2.10 bits per heavy atom. The molecule has 20 heavy (non-hydrogen) atoms. The van der Waals surface area contributed by atoms with Crippen LogP contribution in [0.3, 0.4) is 0 Å². The minimum absolute atomic E-state index is 0.00866. The molecule has 8 heteroatoms. The molecule has 0 spiro atoms. The summed E-state index contributed by atoms with van der Waals surface area (Å²) in [6.07, 6.45) is 0. The van der Waals surface area contributed by atoms with Crippen LogP contribution in [0.5, 0.6) is 11.5 Å². The topological polar surface area (TPSA) is 70.8 Å². The van der Waals surface area contributed by atoms with Crippen molar-refractivity contribution in [1.29, 1.82) is 0 Å². The van der Waals surface area contributed by atoms with Gasteiger partial charge in [-0.1, -0.05) is 15.9 Å². The molecule has 1 atom stereocenters. The van der Waals surface area contributed by atoms with Crippen LogP contribution in [-0.2, 0) is 9.53 Å². The third-order valence-corrected chi connectivity index (χ3v) is 3.45. The van der Waals surface area contributed by atoms with E-state index < -0.39 is 17.9 Å². The zero-order valence-electron chi connectivity index (χ0n) is 10.5. The van der Waals surface area contributed by atoms with Gasteiger partial charge in [-0.25, -0.2) is 4.79 Å². The van der Waals surface area contributed by atoms with Crippen LogP contribution < -0.4 is 15.2 Å². The van der Waals surface area contributed by atoms with Gasteiger partial charge in [0.25, 0.3) is 0 Å². The number of nitrogens with two attached hydrogens (primary N) is 1. The largest absolute Gasteiger partial charge is 0.462 e. The number of hydrogen-bond acceptors (Lipinski definition) is 5. The molecular weight excluding hydrogens is 340 g/mol. The summed E-state index contributed by atoms with van der Waals surface area (Å²) < 4.78 is 42.7. The zero-order valence-corrected chi connectivity index (χ0v) is 12.1. The van der Waals surface area contributed by atoms with Crippen molar-refractivity contribution in [2.45, 2.75) is 18.9 Å². The molecule has 0 fully saturated rings. The van der Waals surface area contributed by atoms with Crippen molar-refractivity contribution in [2.75, 3.05) is 13.4 Å². The highest BCUT2D eigenvalue weighted by Gasteiger charge is 2.48. The van der Waals surface area contributed by atoms with Gasteiger partial charge in [-0.15, -0.1) is 0 Å². The van der Waals surface area contributed by atoms with E-state index in [9.17, 15) is 13.6 Å². The normalized spacial score (nSPS) is 15.1. The van der Waals surface area contributed by atoms with E-state index in [-0.39, 0.29) is 19.0 Å². The van der Waals surface area contributed by atoms with Gasteiger partial charge < -0.3 is 19.9 Å². The molecule has 5 nitrogen and oxygen atoms in total. The van der Waals surface area contributed by atoms with Crippen molar-refractivity contribution in [3.8, 4) is 11.5 Å². The molecule has 0 radical (unpaired) electrons. The molecule has 0 saturated heterocycles. The average molecular weight is 352 g/mol. The molecule has 0 bridgehead atoms. The van der Waals surface area contributed by atoms with Crippen LogP contribution in [0, 0.1) is 0 Å². The molecule has 1 aromatic rings. The maximum absolute atomic E-state index is 13.9. The second kappa shape index (κ2) is 5.53. The van der Waals surface area contributed by atoms with Gasteiger partial charge >= 0.3 is 11.9 Å². The zero-order chi connectivity index (χ0) is 14.9. The summed E-state index contributed by atoms with van der Waals surface area (Å²) in [5, 5.41) is 0. The standard InChI is InChI=1S/C12H12BrF2NO4/c1-2-18-11(17)12(14,15)10(16)6-3-8-9(4-7(6)13)20-5-19-8/h3-4,10H,2,5,16H2,1H3/t10-/m1/s1. The summed E-state index contributed by atoms with van der Waals surface area (Å²) in [7, 11) is 0. The highest BCUT2D eigenvalue weighted by molar-refractivity contribution is 9.10. The van der Waals surface area contributed by atoms with E-state index in [2.05, 4.69) is 20.7 Å². The Hall–Kier alpha value is -1.41. The molecule has 0 unspecified atom stereocenters. The second-order valence-electron chi connectivity index (χ2n) is 4.05. The van der Waals surface area contributed by atoms with Crippen LogP contribution in [0.15, 0.2) is 16.6 Å². The summed E-state index contributed by atoms with van der Waals surface area (Å²) in [5.41, 5.74) is 5.56. The Labute approximate surface area is 122 Å². The monoisotopic (exact) mass is 351 g/mol. The number of ether oxygens (including phenoxy) is 3. The molecule has 2 N–H and O–H groups in total. The van der Waals surface area contributed by atoms with E-state index in [0.717, 1.165) is 0 Å². The Morgan fingerprint density at radius 1 is 1.50 bits per heavy atom. The van der Waals surface area contributed by atoms with Gasteiger partial charge in [-0.2, -0.15) is 8.78 Å². The number of rotatable bonds is 4. The summed E-state index contributed by atoms with van der Waals surface area (Å²) in [5.74, 6) is -4.77. The smallest absolute Gasteiger partial charge is 0.379 e. The van der Waals surface area contributed by atoms with Crippen molar-refractivity contribution < 1.29 is 27.8 Å². The van der Waals surface area contributed by atoms with Crippen molar-refractivity contribution in [1.82, 2.24) is 0 Å². The van der Waals surface area contributed by atoms with Gasteiger partial charge in [0.05, 0.1) is 6.61 Å². The summed E-state index contributed by atoms with van der Waals surface area (Å²) >= 11 is 3.13. The van der Waals surface area contributed by atoms with Gasteiger partial charge in [0.2, 0.25) is 6.79 Å². The molecule has 0 saturated carbocycles. The van der Waals surface area contributed by atoms with Gasteiger partial charge in [0.1, 0.15) is 6.04 Å². The highest BCUT2D eigenvalue weighted by atomic mass is 79.9. The number of carbonyl (C=O) groups is 1. The minimum atomic E-state index is -3.84. The second-order valence-corrected chi connectivity index (χ2v) is 4.90. The molecule has 0 aromatic heterocycles. The van der Waals surface area contributed by atoms with E-state index in [0.29, 0.717) is 16.0 Å². The third kappa shape index (κ3) is 2.57. The maximum atomic E-state index is 13.9. The summed E-state index contributed by atoms with van der Waals surface area (Å²) in [4.78, 5) is 11.3. The lowest BCUT2D eigenvalue weighted by atomic mass is 10.0. The van der Waals surface area contributed by atoms with Crippen LogP contribution in [0.25, 0.3) is 0 Å². The van der Waals surface area contributed by atoms with E-state index in [1.54, 1.807) is 0 Å². The molecule has 1 aromatic carbocycles. The number of halogens is 3. The van der Waals surface area contributed by atoms with Crippen LogP contribution in [0.2, 0.25) is 0 Å². The highest BCUT2D eigenvalue weighted by Crippen LogP contribution is 2.42. The molecule has 2 rings (SSSR count). The first-order valence-electron chi connectivity index (χ1n) is 5.77. The molecule has 110 valence electrons. The first-order chi connectivity index (χ1) is 9.37. The average Bonchev–Trinajstić information content (AvgIpc) is 2.84. The summed E-state index contributed by atoms with van der Waals surface area (Å²) in [6.45, 7) is 1.30. The molecule has 0 aliphatic carbocycles. The number of esters is 1.